The van der Waals surface area contributed by atoms with Crippen LogP contribution in [-0.2, 0) is 13.5 Å². The third-order valence-corrected chi connectivity index (χ3v) is 5.98. The number of benzene rings is 1. The summed E-state index contributed by atoms with van der Waals surface area (Å²) >= 11 is 13.4. The van der Waals surface area contributed by atoms with Gasteiger partial charge in [-0.3, -0.25) is 9.59 Å². The van der Waals surface area contributed by atoms with E-state index in [2.05, 4.69) is 10.3 Å². The highest BCUT2D eigenvalue weighted by Crippen LogP contribution is 2.27. The molecule has 130 valence electrons. The van der Waals surface area contributed by atoms with E-state index in [0.29, 0.717) is 43.7 Å². The second-order valence-corrected chi connectivity index (χ2v) is 7.40. The molecule has 0 radical (unpaired) electrons. The average molecular weight is 396 g/mol. The molecule has 2 heterocycles. The number of amides is 1. The molecule has 0 saturated carbocycles. The molecule has 1 amide bonds. The van der Waals surface area contributed by atoms with Gasteiger partial charge in [-0.05, 0) is 30.5 Å². The molecule has 0 bridgehead atoms. The summed E-state index contributed by atoms with van der Waals surface area (Å²) < 4.78 is 1.41. The van der Waals surface area contributed by atoms with Crippen molar-refractivity contribution in [1.29, 1.82) is 0 Å². The van der Waals surface area contributed by atoms with Crippen molar-refractivity contribution in [3.05, 3.63) is 60.9 Å². The molecule has 1 aromatic carbocycles. The Labute approximate surface area is 158 Å². The Kier molecular flexibility index (Phi) is 5.13. The van der Waals surface area contributed by atoms with Gasteiger partial charge in [-0.25, -0.2) is 4.98 Å². The number of aromatic nitrogens is 2. The monoisotopic (exact) mass is 395 g/mol. The van der Waals surface area contributed by atoms with Gasteiger partial charge in [-0.15, -0.1) is 11.3 Å². The predicted octanol–water partition coefficient (Wildman–Crippen LogP) is 3.58. The van der Waals surface area contributed by atoms with Gasteiger partial charge in [0.1, 0.15) is 4.83 Å². The van der Waals surface area contributed by atoms with Crippen molar-refractivity contribution in [3.8, 4) is 0 Å². The zero-order chi connectivity index (χ0) is 18.1. The van der Waals surface area contributed by atoms with Crippen molar-refractivity contribution in [1.82, 2.24) is 14.9 Å². The molecule has 3 rings (SSSR count). The Morgan fingerprint density at radius 2 is 2.12 bits per heavy atom. The third-order valence-electron chi connectivity index (χ3n) is 3.93. The second kappa shape index (κ2) is 7.15. The summed E-state index contributed by atoms with van der Waals surface area (Å²) in [6.45, 7) is 2.18. The fourth-order valence-corrected chi connectivity index (χ4v) is 4.03. The minimum Gasteiger partial charge on any atom is -0.351 e. The summed E-state index contributed by atoms with van der Waals surface area (Å²) in [4.78, 5) is 30.0. The summed E-state index contributed by atoms with van der Waals surface area (Å²) in [7, 11) is 1.64. The van der Waals surface area contributed by atoms with E-state index in [9.17, 15) is 9.59 Å². The molecule has 0 fully saturated rings. The number of hydrogen-bond acceptors (Lipinski definition) is 4. The molecule has 1 N–H and O–H groups in total. The predicted molar refractivity (Wildman–Crippen MR) is 102 cm³/mol. The van der Waals surface area contributed by atoms with Gasteiger partial charge in [0.05, 0.1) is 26.6 Å². The molecule has 25 heavy (non-hydrogen) atoms. The van der Waals surface area contributed by atoms with Crippen LogP contribution >= 0.6 is 34.5 Å². The van der Waals surface area contributed by atoms with Crippen molar-refractivity contribution in [2.24, 2.45) is 7.05 Å². The van der Waals surface area contributed by atoms with Gasteiger partial charge in [0, 0.05) is 13.6 Å². The van der Waals surface area contributed by atoms with E-state index in [4.69, 9.17) is 23.2 Å². The van der Waals surface area contributed by atoms with Gasteiger partial charge in [0.25, 0.3) is 11.5 Å². The smallest absolute Gasteiger partial charge is 0.262 e. The molecular formula is C17H15Cl2N3O2S. The van der Waals surface area contributed by atoms with Crippen LogP contribution < -0.4 is 10.9 Å². The number of nitrogens with zero attached hydrogens (tertiary/aromatic N) is 2. The fraction of sp³-hybridized carbons (Fsp3) is 0.235. The molecular weight excluding hydrogens is 381 g/mol. The van der Waals surface area contributed by atoms with Crippen molar-refractivity contribution in [3.63, 3.8) is 0 Å². The molecule has 2 aromatic heterocycles. The number of halogens is 2. The van der Waals surface area contributed by atoms with Crippen molar-refractivity contribution in [2.45, 2.75) is 13.3 Å². The average Bonchev–Trinajstić information content (AvgIpc) is 2.92. The minimum atomic E-state index is -0.222. The topological polar surface area (TPSA) is 64.0 Å². The van der Waals surface area contributed by atoms with Crippen molar-refractivity contribution in [2.75, 3.05) is 6.54 Å². The largest absolute Gasteiger partial charge is 0.351 e. The number of rotatable bonds is 4. The molecule has 0 unspecified atom stereocenters. The number of nitrogens with one attached hydrogen (secondary N) is 1. The van der Waals surface area contributed by atoms with E-state index in [1.54, 1.807) is 20.0 Å². The lowest BCUT2D eigenvalue weighted by Crippen LogP contribution is -2.25. The van der Waals surface area contributed by atoms with Gasteiger partial charge in [-0.2, -0.15) is 0 Å². The first kappa shape index (κ1) is 17.9. The van der Waals surface area contributed by atoms with Crippen LogP contribution in [0.3, 0.4) is 0 Å². The van der Waals surface area contributed by atoms with Crippen LogP contribution in [0.5, 0.6) is 0 Å². The number of hydrogen-bond donors (Lipinski definition) is 1. The second-order valence-electron chi connectivity index (χ2n) is 5.62. The van der Waals surface area contributed by atoms with Crippen molar-refractivity contribution >= 4 is 50.7 Å². The summed E-state index contributed by atoms with van der Waals surface area (Å²) in [5.74, 6) is -0.222. The Morgan fingerprint density at radius 3 is 2.88 bits per heavy atom. The van der Waals surface area contributed by atoms with E-state index < -0.39 is 0 Å². The van der Waals surface area contributed by atoms with E-state index in [-0.39, 0.29) is 11.5 Å². The van der Waals surface area contributed by atoms with E-state index >= 15 is 0 Å². The molecule has 0 aliphatic rings. The van der Waals surface area contributed by atoms with E-state index in [1.807, 2.05) is 12.1 Å². The SMILES string of the molecule is Cc1c(C(=O)NCCc2cccc(Cl)c2Cl)sc2ncn(C)c(=O)c12. The molecule has 0 saturated heterocycles. The molecule has 5 nitrogen and oxygen atoms in total. The van der Waals surface area contributed by atoms with Gasteiger partial charge in [-0.1, -0.05) is 35.3 Å². The maximum Gasteiger partial charge on any atom is 0.262 e. The fourth-order valence-electron chi connectivity index (χ4n) is 2.56. The first-order chi connectivity index (χ1) is 11.9. The number of fused-ring (bicyclic) bond motifs is 1. The Bertz CT molecular complexity index is 1030. The first-order valence-corrected chi connectivity index (χ1v) is 9.13. The molecule has 0 atom stereocenters. The zero-order valence-electron chi connectivity index (χ0n) is 13.6. The highest BCUT2D eigenvalue weighted by molar-refractivity contribution is 7.20. The number of carbonyl (C=O) groups is 1. The van der Waals surface area contributed by atoms with Crippen LogP contribution in [0.4, 0.5) is 0 Å². The quantitative estimate of drug-likeness (QED) is 0.733. The van der Waals surface area contributed by atoms with Gasteiger partial charge in [0.2, 0.25) is 0 Å². The standard InChI is InChI=1S/C17H15Cl2N3O2S/c1-9-12-16(21-8-22(2)17(12)24)25-14(9)15(23)20-7-6-10-4-3-5-11(18)13(10)19/h3-5,8H,6-7H2,1-2H3,(H,20,23). The minimum absolute atomic E-state index is 0.150. The van der Waals surface area contributed by atoms with Crippen LogP contribution in [0.2, 0.25) is 10.0 Å². The van der Waals surface area contributed by atoms with E-state index in [0.717, 1.165) is 5.56 Å². The van der Waals surface area contributed by atoms with Crippen LogP contribution in [0.1, 0.15) is 20.8 Å². The van der Waals surface area contributed by atoms with Crippen LogP contribution in [0.25, 0.3) is 10.2 Å². The maximum atomic E-state index is 12.5. The van der Waals surface area contributed by atoms with E-state index in [1.165, 1.54) is 22.2 Å². The lowest BCUT2D eigenvalue weighted by molar-refractivity contribution is 0.0957. The molecule has 3 aromatic rings. The Balaban J connectivity index is 1.77. The summed E-state index contributed by atoms with van der Waals surface area (Å²) in [6, 6.07) is 5.42. The lowest BCUT2D eigenvalue weighted by atomic mass is 10.1. The summed E-state index contributed by atoms with van der Waals surface area (Å²) in [5, 5.41) is 4.36. The number of thiophene rings is 1. The summed E-state index contributed by atoms with van der Waals surface area (Å²) in [6.07, 6.45) is 2.03. The maximum absolute atomic E-state index is 12.5. The van der Waals surface area contributed by atoms with Gasteiger partial charge >= 0.3 is 0 Å². The van der Waals surface area contributed by atoms with Crippen LogP contribution in [-0.4, -0.2) is 22.0 Å². The van der Waals surface area contributed by atoms with Crippen LogP contribution in [0, 0.1) is 6.92 Å². The normalized spacial score (nSPS) is 11.0. The highest BCUT2D eigenvalue weighted by Gasteiger charge is 2.18. The van der Waals surface area contributed by atoms with Crippen LogP contribution in [0.15, 0.2) is 29.3 Å². The molecule has 0 spiro atoms. The highest BCUT2D eigenvalue weighted by atomic mass is 35.5. The molecule has 0 aliphatic heterocycles. The van der Waals surface area contributed by atoms with Gasteiger partial charge < -0.3 is 9.88 Å². The molecule has 8 heteroatoms. The third kappa shape index (κ3) is 3.42. The Hall–Kier alpha value is -1.89. The Morgan fingerprint density at radius 1 is 1.36 bits per heavy atom. The first-order valence-electron chi connectivity index (χ1n) is 7.56. The summed E-state index contributed by atoms with van der Waals surface area (Å²) in [5.41, 5.74) is 1.38. The lowest BCUT2D eigenvalue weighted by Gasteiger charge is -2.07. The zero-order valence-corrected chi connectivity index (χ0v) is 15.9. The molecule has 0 aliphatic carbocycles. The van der Waals surface area contributed by atoms with Crippen molar-refractivity contribution < 1.29 is 4.79 Å². The number of carbonyl (C=O) groups excluding carboxylic acids is 1. The number of aryl methyl sites for hydroxylation is 2. The van der Waals surface area contributed by atoms with Gasteiger partial charge in [0.15, 0.2) is 0 Å².